The maximum absolute atomic E-state index is 14.1. The summed E-state index contributed by atoms with van der Waals surface area (Å²) < 4.78 is 21.7. The lowest BCUT2D eigenvalue weighted by Gasteiger charge is -2.42. The van der Waals surface area contributed by atoms with Gasteiger partial charge in [-0.15, -0.1) is 0 Å². The highest BCUT2D eigenvalue weighted by molar-refractivity contribution is 6.11. The molecule has 6 rings (SSSR count). The van der Waals surface area contributed by atoms with Gasteiger partial charge in [0.15, 0.2) is 11.5 Å². The summed E-state index contributed by atoms with van der Waals surface area (Å²) in [6.07, 6.45) is 0. The molecule has 4 aromatic carbocycles. The number of hydrogen-bond acceptors (Lipinski definition) is 6. The molecule has 8 heteroatoms. The molecule has 2 atom stereocenters. The molecule has 0 bridgehead atoms. The van der Waals surface area contributed by atoms with Gasteiger partial charge in [-0.1, -0.05) is 42.5 Å². The molecule has 2 amide bonds. The molecular formula is C32H28N2O6. The minimum atomic E-state index is -0.689. The van der Waals surface area contributed by atoms with Crippen LogP contribution in [0.5, 0.6) is 23.0 Å². The summed E-state index contributed by atoms with van der Waals surface area (Å²) in [7, 11) is 3.22. The summed E-state index contributed by atoms with van der Waals surface area (Å²) in [6.45, 7) is 0.447. The van der Waals surface area contributed by atoms with Crippen molar-refractivity contribution in [3.8, 4) is 23.0 Å². The van der Waals surface area contributed by atoms with Crippen LogP contribution in [0.15, 0.2) is 91.0 Å². The van der Waals surface area contributed by atoms with Crippen LogP contribution < -0.4 is 29.2 Å². The number of anilines is 1. The minimum absolute atomic E-state index is 0.119. The van der Waals surface area contributed by atoms with Gasteiger partial charge in [0.2, 0.25) is 12.7 Å². The Morgan fingerprint density at radius 2 is 1.55 bits per heavy atom. The molecule has 1 N–H and O–H groups in total. The van der Waals surface area contributed by atoms with Gasteiger partial charge in [-0.3, -0.25) is 14.5 Å². The highest BCUT2D eigenvalue weighted by Gasteiger charge is 2.45. The number of ether oxygens (including phenoxy) is 4. The largest absolute Gasteiger partial charge is 0.497 e. The normalized spacial score (nSPS) is 17.2. The summed E-state index contributed by atoms with van der Waals surface area (Å²) in [4.78, 5) is 29.9. The number of amides is 2. The van der Waals surface area contributed by atoms with Crippen LogP contribution in [0.2, 0.25) is 0 Å². The first-order valence-corrected chi connectivity index (χ1v) is 12.9. The van der Waals surface area contributed by atoms with Crippen molar-refractivity contribution in [1.29, 1.82) is 0 Å². The average molecular weight is 537 g/mol. The standard InChI is InChI=1S/C32H28N2O6/c1-37-23-12-7-20(8-13-23)18-33-31(35)29-25-5-3-4-6-26(25)32(36)34(22-11-16-27-28(17-22)40-19-39-27)30(29)21-9-14-24(38-2)15-10-21/h3-17,29-30H,18-19H2,1-2H3,(H,33,35)/t29-,30-/m0/s1. The van der Waals surface area contributed by atoms with Crippen molar-refractivity contribution in [3.63, 3.8) is 0 Å². The van der Waals surface area contributed by atoms with Crippen molar-refractivity contribution >= 4 is 17.5 Å². The van der Waals surface area contributed by atoms with Crippen LogP contribution in [0.4, 0.5) is 5.69 Å². The molecule has 0 unspecified atom stereocenters. The van der Waals surface area contributed by atoms with Gasteiger partial charge in [0.25, 0.3) is 5.91 Å². The van der Waals surface area contributed by atoms with Gasteiger partial charge in [0.05, 0.1) is 26.2 Å². The number of nitrogens with zero attached hydrogens (tertiary/aromatic N) is 1. The van der Waals surface area contributed by atoms with Crippen molar-refractivity contribution in [1.82, 2.24) is 5.32 Å². The predicted molar refractivity (Wildman–Crippen MR) is 149 cm³/mol. The Morgan fingerprint density at radius 3 is 2.27 bits per heavy atom. The monoisotopic (exact) mass is 536 g/mol. The number of rotatable bonds is 7. The van der Waals surface area contributed by atoms with Gasteiger partial charge in [-0.2, -0.15) is 0 Å². The van der Waals surface area contributed by atoms with Gasteiger partial charge >= 0.3 is 0 Å². The number of methoxy groups -OCH3 is 2. The van der Waals surface area contributed by atoms with Crippen LogP contribution in [0.1, 0.15) is 39.0 Å². The molecule has 4 aromatic rings. The Balaban J connectivity index is 1.44. The predicted octanol–water partition coefficient (Wildman–Crippen LogP) is 5.23. The zero-order chi connectivity index (χ0) is 27.6. The molecule has 0 spiro atoms. The fraction of sp³-hybridized carbons (Fsp3) is 0.188. The first kappa shape index (κ1) is 25.3. The van der Waals surface area contributed by atoms with Gasteiger partial charge in [0.1, 0.15) is 11.5 Å². The van der Waals surface area contributed by atoms with E-state index in [0.717, 1.165) is 16.9 Å². The molecule has 0 saturated carbocycles. The second kappa shape index (κ2) is 10.6. The number of benzene rings is 4. The first-order chi connectivity index (χ1) is 19.6. The molecule has 2 heterocycles. The van der Waals surface area contributed by atoms with Crippen LogP contribution in [-0.4, -0.2) is 32.8 Å². The summed E-state index contributed by atoms with van der Waals surface area (Å²) in [5.41, 5.74) is 3.50. The van der Waals surface area contributed by atoms with Crippen LogP contribution in [0.25, 0.3) is 0 Å². The Kier molecular flexibility index (Phi) is 6.74. The zero-order valence-corrected chi connectivity index (χ0v) is 22.1. The quantitative estimate of drug-likeness (QED) is 0.348. The molecule has 40 heavy (non-hydrogen) atoms. The maximum atomic E-state index is 14.1. The smallest absolute Gasteiger partial charge is 0.259 e. The van der Waals surface area contributed by atoms with Crippen molar-refractivity contribution in [2.75, 3.05) is 25.9 Å². The van der Waals surface area contributed by atoms with E-state index >= 15 is 0 Å². The molecule has 0 fully saturated rings. The lowest BCUT2D eigenvalue weighted by molar-refractivity contribution is -0.123. The molecule has 202 valence electrons. The van der Waals surface area contributed by atoms with Crippen LogP contribution in [-0.2, 0) is 11.3 Å². The van der Waals surface area contributed by atoms with E-state index in [1.165, 1.54) is 0 Å². The topological polar surface area (TPSA) is 86.3 Å². The summed E-state index contributed by atoms with van der Waals surface area (Å²) in [5.74, 6) is 1.51. The van der Waals surface area contributed by atoms with E-state index in [4.69, 9.17) is 18.9 Å². The first-order valence-electron chi connectivity index (χ1n) is 12.9. The number of carbonyl (C=O) groups is 2. The van der Waals surface area contributed by atoms with E-state index < -0.39 is 12.0 Å². The summed E-state index contributed by atoms with van der Waals surface area (Å²) in [6, 6.07) is 27.1. The van der Waals surface area contributed by atoms with E-state index in [-0.39, 0.29) is 18.6 Å². The molecule has 0 saturated heterocycles. The van der Waals surface area contributed by atoms with E-state index in [1.54, 1.807) is 37.3 Å². The lowest BCUT2D eigenvalue weighted by Crippen LogP contribution is -2.47. The van der Waals surface area contributed by atoms with Gasteiger partial charge < -0.3 is 24.3 Å². The SMILES string of the molecule is COc1ccc(CNC(=O)[C@H]2c3ccccc3C(=O)N(c3ccc4c(c3)OCO4)[C@H]2c2ccc(OC)cc2)cc1. The molecule has 2 aliphatic rings. The van der Waals surface area contributed by atoms with Gasteiger partial charge in [-0.05, 0) is 59.2 Å². The van der Waals surface area contributed by atoms with Crippen molar-refractivity contribution in [3.05, 3.63) is 113 Å². The number of nitrogens with one attached hydrogen (secondary N) is 1. The van der Waals surface area contributed by atoms with E-state index in [9.17, 15) is 9.59 Å². The Morgan fingerprint density at radius 1 is 0.875 bits per heavy atom. The second-order valence-electron chi connectivity index (χ2n) is 9.56. The Labute approximate surface area is 232 Å². The molecule has 0 aromatic heterocycles. The van der Waals surface area contributed by atoms with Gasteiger partial charge in [-0.25, -0.2) is 0 Å². The summed E-state index contributed by atoms with van der Waals surface area (Å²) in [5, 5.41) is 3.11. The second-order valence-corrected chi connectivity index (χ2v) is 9.56. The molecule has 8 nitrogen and oxygen atoms in total. The average Bonchev–Trinajstić information content (AvgIpc) is 3.48. The number of fused-ring (bicyclic) bond motifs is 2. The third-order valence-corrected chi connectivity index (χ3v) is 7.34. The third-order valence-electron chi connectivity index (χ3n) is 7.34. The number of hydrogen-bond donors (Lipinski definition) is 1. The van der Waals surface area contributed by atoms with Gasteiger partial charge in [0, 0.05) is 23.9 Å². The van der Waals surface area contributed by atoms with E-state index in [0.29, 0.717) is 40.6 Å². The van der Waals surface area contributed by atoms with Crippen LogP contribution >= 0.6 is 0 Å². The van der Waals surface area contributed by atoms with Crippen LogP contribution in [0.3, 0.4) is 0 Å². The fourth-order valence-electron chi connectivity index (χ4n) is 5.32. The molecule has 2 aliphatic heterocycles. The number of carbonyl (C=O) groups excluding carboxylic acids is 2. The minimum Gasteiger partial charge on any atom is -0.497 e. The van der Waals surface area contributed by atoms with Crippen LogP contribution in [0, 0.1) is 0 Å². The van der Waals surface area contributed by atoms with Crippen molar-refractivity contribution < 1.29 is 28.5 Å². The summed E-state index contributed by atoms with van der Waals surface area (Å²) >= 11 is 0. The Hall–Kier alpha value is -4.98. The third kappa shape index (κ3) is 4.58. The lowest BCUT2D eigenvalue weighted by atomic mass is 9.78. The van der Waals surface area contributed by atoms with Crippen molar-refractivity contribution in [2.24, 2.45) is 0 Å². The fourth-order valence-corrected chi connectivity index (χ4v) is 5.32. The molecular weight excluding hydrogens is 508 g/mol. The zero-order valence-electron chi connectivity index (χ0n) is 22.1. The van der Waals surface area contributed by atoms with E-state index in [2.05, 4.69) is 5.32 Å². The van der Waals surface area contributed by atoms with Crippen molar-refractivity contribution in [2.45, 2.75) is 18.5 Å². The molecule has 0 radical (unpaired) electrons. The Bertz CT molecular complexity index is 1550. The maximum Gasteiger partial charge on any atom is 0.259 e. The highest BCUT2D eigenvalue weighted by atomic mass is 16.7. The van der Waals surface area contributed by atoms with E-state index in [1.807, 2.05) is 72.8 Å². The highest BCUT2D eigenvalue weighted by Crippen LogP contribution is 2.47. The molecule has 0 aliphatic carbocycles.